The lowest BCUT2D eigenvalue weighted by Gasteiger charge is -2.24. The SMILES string of the molecule is Brc1cc(CNC2CC2)ccc1OC1CCCOC1. The molecule has 3 rings (SSSR count). The van der Waals surface area contributed by atoms with Crippen LogP contribution >= 0.6 is 15.9 Å². The van der Waals surface area contributed by atoms with Gasteiger partial charge in [0.05, 0.1) is 11.1 Å². The van der Waals surface area contributed by atoms with Crippen LogP contribution in [0, 0.1) is 0 Å². The minimum absolute atomic E-state index is 0.195. The van der Waals surface area contributed by atoms with Gasteiger partial charge in [0.15, 0.2) is 0 Å². The van der Waals surface area contributed by atoms with Crippen molar-refractivity contribution in [3.63, 3.8) is 0 Å². The number of nitrogens with one attached hydrogen (secondary N) is 1. The Balaban J connectivity index is 1.58. The van der Waals surface area contributed by atoms with E-state index in [4.69, 9.17) is 9.47 Å². The van der Waals surface area contributed by atoms with Gasteiger partial charge in [-0.25, -0.2) is 0 Å². The number of rotatable bonds is 5. The Morgan fingerprint density at radius 2 is 2.21 bits per heavy atom. The van der Waals surface area contributed by atoms with Gasteiger partial charge in [-0.1, -0.05) is 6.07 Å². The van der Waals surface area contributed by atoms with Crippen molar-refractivity contribution in [2.45, 2.75) is 44.4 Å². The number of hydrogen-bond donors (Lipinski definition) is 1. The van der Waals surface area contributed by atoms with E-state index in [1.165, 1.54) is 18.4 Å². The Bertz CT molecular complexity index is 428. The summed E-state index contributed by atoms with van der Waals surface area (Å²) in [6.45, 7) is 2.51. The summed E-state index contributed by atoms with van der Waals surface area (Å²) in [7, 11) is 0. The maximum Gasteiger partial charge on any atom is 0.134 e. The zero-order valence-corrected chi connectivity index (χ0v) is 12.6. The van der Waals surface area contributed by atoms with Crippen LogP contribution in [0.4, 0.5) is 0 Å². The van der Waals surface area contributed by atoms with E-state index in [1.807, 2.05) is 0 Å². The van der Waals surface area contributed by atoms with E-state index >= 15 is 0 Å². The third kappa shape index (κ3) is 3.94. The van der Waals surface area contributed by atoms with Crippen LogP contribution in [0.25, 0.3) is 0 Å². The maximum absolute atomic E-state index is 5.99. The second-order valence-corrected chi connectivity index (χ2v) is 6.23. The summed E-state index contributed by atoms with van der Waals surface area (Å²) < 4.78 is 12.5. The first kappa shape index (κ1) is 13.4. The van der Waals surface area contributed by atoms with E-state index in [9.17, 15) is 0 Å². The van der Waals surface area contributed by atoms with Crippen LogP contribution in [0.2, 0.25) is 0 Å². The second-order valence-electron chi connectivity index (χ2n) is 5.38. The van der Waals surface area contributed by atoms with E-state index < -0.39 is 0 Å². The molecule has 3 nitrogen and oxygen atoms in total. The first-order chi connectivity index (χ1) is 9.31. The highest BCUT2D eigenvalue weighted by Crippen LogP contribution is 2.28. The summed E-state index contributed by atoms with van der Waals surface area (Å²) in [4.78, 5) is 0. The first-order valence-electron chi connectivity index (χ1n) is 7.07. The smallest absolute Gasteiger partial charge is 0.134 e. The largest absolute Gasteiger partial charge is 0.487 e. The van der Waals surface area contributed by atoms with E-state index in [2.05, 4.69) is 39.4 Å². The molecule has 1 heterocycles. The monoisotopic (exact) mass is 325 g/mol. The Morgan fingerprint density at radius 1 is 1.32 bits per heavy atom. The van der Waals surface area contributed by atoms with Gasteiger partial charge in [0.1, 0.15) is 11.9 Å². The molecule has 1 saturated carbocycles. The number of halogens is 1. The van der Waals surface area contributed by atoms with Crippen molar-refractivity contribution in [2.24, 2.45) is 0 Å². The molecule has 19 heavy (non-hydrogen) atoms. The van der Waals surface area contributed by atoms with E-state index in [1.54, 1.807) is 0 Å². The van der Waals surface area contributed by atoms with Gasteiger partial charge in [-0.3, -0.25) is 0 Å². The van der Waals surface area contributed by atoms with Crippen LogP contribution in [0.3, 0.4) is 0 Å². The number of ether oxygens (including phenoxy) is 2. The van der Waals surface area contributed by atoms with Crippen LogP contribution in [0.5, 0.6) is 5.75 Å². The van der Waals surface area contributed by atoms with Crippen LogP contribution < -0.4 is 10.1 Å². The molecule has 2 aliphatic rings. The molecular formula is C15H20BrNO2. The summed E-state index contributed by atoms with van der Waals surface area (Å²) in [5.41, 5.74) is 1.30. The Labute approximate surface area is 122 Å². The van der Waals surface area contributed by atoms with Crippen molar-refractivity contribution < 1.29 is 9.47 Å². The van der Waals surface area contributed by atoms with Gasteiger partial charge in [-0.2, -0.15) is 0 Å². The molecule has 1 atom stereocenters. The first-order valence-corrected chi connectivity index (χ1v) is 7.87. The molecular weight excluding hydrogens is 306 g/mol. The highest BCUT2D eigenvalue weighted by molar-refractivity contribution is 9.10. The topological polar surface area (TPSA) is 30.5 Å². The molecule has 0 aromatic heterocycles. The molecule has 104 valence electrons. The molecule has 1 N–H and O–H groups in total. The predicted molar refractivity (Wildman–Crippen MR) is 78.5 cm³/mol. The van der Waals surface area contributed by atoms with Crippen molar-refractivity contribution in [1.82, 2.24) is 5.32 Å². The fourth-order valence-electron chi connectivity index (χ4n) is 2.28. The molecule has 0 radical (unpaired) electrons. The average Bonchev–Trinajstić information content (AvgIpc) is 3.25. The van der Waals surface area contributed by atoms with Gasteiger partial charge in [0.2, 0.25) is 0 Å². The third-order valence-electron chi connectivity index (χ3n) is 3.58. The van der Waals surface area contributed by atoms with Crippen LogP contribution in [-0.2, 0) is 11.3 Å². The highest BCUT2D eigenvalue weighted by atomic mass is 79.9. The predicted octanol–water partition coefficient (Wildman–Crippen LogP) is 3.26. The quantitative estimate of drug-likeness (QED) is 0.901. The van der Waals surface area contributed by atoms with Crippen LogP contribution in [-0.4, -0.2) is 25.4 Å². The number of benzene rings is 1. The van der Waals surface area contributed by atoms with Crippen molar-refractivity contribution in [3.8, 4) is 5.75 Å². The summed E-state index contributed by atoms with van der Waals surface area (Å²) >= 11 is 3.60. The molecule has 1 saturated heterocycles. The van der Waals surface area contributed by atoms with Gasteiger partial charge in [-0.05, 0) is 59.3 Å². The van der Waals surface area contributed by atoms with E-state index in [0.717, 1.165) is 42.3 Å². The second kappa shape index (κ2) is 6.25. The van der Waals surface area contributed by atoms with Gasteiger partial charge in [0, 0.05) is 19.2 Å². The fourth-order valence-corrected chi connectivity index (χ4v) is 2.80. The molecule has 1 aromatic rings. The summed E-state index contributed by atoms with van der Waals surface area (Å²) in [6.07, 6.45) is 5.01. The molecule has 0 bridgehead atoms. The van der Waals surface area contributed by atoms with E-state index in [0.29, 0.717) is 6.61 Å². The lowest BCUT2D eigenvalue weighted by Crippen LogP contribution is -2.28. The molecule has 0 spiro atoms. The van der Waals surface area contributed by atoms with E-state index in [-0.39, 0.29) is 6.10 Å². The number of hydrogen-bond acceptors (Lipinski definition) is 3. The zero-order valence-electron chi connectivity index (χ0n) is 11.0. The van der Waals surface area contributed by atoms with Crippen molar-refractivity contribution >= 4 is 15.9 Å². The molecule has 1 aliphatic heterocycles. The van der Waals surface area contributed by atoms with Gasteiger partial charge in [-0.15, -0.1) is 0 Å². The molecule has 0 amide bonds. The van der Waals surface area contributed by atoms with Crippen LogP contribution in [0.1, 0.15) is 31.2 Å². The fraction of sp³-hybridized carbons (Fsp3) is 0.600. The summed E-state index contributed by atoms with van der Waals surface area (Å²) in [5.74, 6) is 0.922. The Hall–Kier alpha value is -0.580. The molecule has 1 unspecified atom stereocenters. The summed E-state index contributed by atoms with van der Waals surface area (Å²) in [5, 5.41) is 3.52. The Kier molecular flexibility index (Phi) is 4.41. The minimum Gasteiger partial charge on any atom is -0.487 e. The Morgan fingerprint density at radius 3 is 2.89 bits per heavy atom. The normalized spacial score (nSPS) is 23.3. The lowest BCUT2D eigenvalue weighted by molar-refractivity contribution is 0.00711. The van der Waals surface area contributed by atoms with Gasteiger partial charge >= 0.3 is 0 Å². The average molecular weight is 326 g/mol. The highest BCUT2D eigenvalue weighted by Gasteiger charge is 2.20. The standard InChI is InChI=1S/C15H20BrNO2/c16-14-8-11(9-17-12-4-5-12)3-6-15(14)19-13-2-1-7-18-10-13/h3,6,8,12-13,17H,1-2,4-5,7,9-10H2. The molecule has 1 aromatic carbocycles. The zero-order chi connectivity index (χ0) is 13.1. The van der Waals surface area contributed by atoms with Gasteiger partial charge in [0.25, 0.3) is 0 Å². The third-order valence-corrected chi connectivity index (χ3v) is 4.20. The van der Waals surface area contributed by atoms with Crippen molar-refractivity contribution in [3.05, 3.63) is 28.2 Å². The minimum atomic E-state index is 0.195. The van der Waals surface area contributed by atoms with Crippen molar-refractivity contribution in [2.75, 3.05) is 13.2 Å². The summed E-state index contributed by atoms with van der Waals surface area (Å²) in [6, 6.07) is 7.09. The van der Waals surface area contributed by atoms with Crippen LogP contribution in [0.15, 0.2) is 22.7 Å². The lowest BCUT2D eigenvalue weighted by atomic mass is 10.1. The molecule has 2 fully saturated rings. The maximum atomic E-state index is 5.99. The molecule has 1 aliphatic carbocycles. The van der Waals surface area contributed by atoms with Gasteiger partial charge < -0.3 is 14.8 Å². The molecule has 4 heteroatoms. The van der Waals surface area contributed by atoms with Crippen molar-refractivity contribution in [1.29, 1.82) is 0 Å².